The number of benzene rings is 1. The summed E-state index contributed by atoms with van der Waals surface area (Å²) in [5.41, 5.74) is 3.64. The molecule has 0 heterocycles. The molecule has 0 saturated carbocycles. The summed E-state index contributed by atoms with van der Waals surface area (Å²) in [6.45, 7) is 7.01. The summed E-state index contributed by atoms with van der Waals surface area (Å²) >= 11 is 3.42. The molecule has 0 aliphatic rings. The van der Waals surface area contributed by atoms with Gasteiger partial charge in [-0.2, -0.15) is 0 Å². The Bertz CT molecular complexity index is 293. The van der Waals surface area contributed by atoms with Gasteiger partial charge in [0.1, 0.15) is 0 Å². The highest BCUT2D eigenvalue weighted by Gasteiger charge is 2.06. The van der Waals surface area contributed by atoms with Crippen LogP contribution in [0.3, 0.4) is 0 Å². The smallest absolute Gasteiger partial charge is 0.0687 e. The Morgan fingerprint density at radius 1 is 1.08 bits per heavy atom. The minimum Gasteiger partial charge on any atom is -0.0944 e. The van der Waals surface area contributed by atoms with E-state index in [1.807, 2.05) is 0 Å². The van der Waals surface area contributed by atoms with Crippen LogP contribution in [0.15, 0.2) is 34.4 Å². The summed E-state index contributed by atoms with van der Waals surface area (Å²) in [4.78, 5) is 0. The van der Waals surface area contributed by atoms with Crippen molar-refractivity contribution in [3.05, 3.63) is 40.0 Å². The molecule has 1 rings (SSSR count). The van der Waals surface area contributed by atoms with Gasteiger partial charge in [-0.25, -0.2) is 0 Å². The Morgan fingerprint density at radius 2 is 1.62 bits per heavy atom. The van der Waals surface area contributed by atoms with Crippen molar-refractivity contribution in [2.24, 2.45) is 0 Å². The fourth-order valence-corrected chi connectivity index (χ4v) is 1.88. The SMILES string of the molecule is C[Si](C)(C)/C=C/c1ccc(Br)cc1. The van der Waals surface area contributed by atoms with Gasteiger partial charge in [0.25, 0.3) is 0 Å². The maximum Gasteiger partial charge on any atom is 0.0687 e. The van der Waals surface area contributed by atoms with E-state index in [9.17, 15) is 0 Å². The van der Waals surface area contributed by atoms with Crippen LogP contribution in [0.4, 0.5) is 0 Å². The van der Waals surface area contributed by atoms with Crippen molar-refractivity contribution in [3.63, 3.8) is 0 Å². The highest BCUT2D eigenvalue weighted by Crippen LogP contribution is 2.13. The van der Waals surface area contributed by atoms with E-state index in [4.69, 9.17) is 0 Å². The van der Waals surface area contributed by atoms with Crippen LogP contribution in [0.2, 0.25) is 19.6 Å². The summed E-state index contributed by atoms with van der Waals surface area (Å²) in [6, 6.07) is 8.40. The van der Waals surface area contributed by atoms with E-state index >= 15 is 0 Å². The summed E-state index contributed by atoms with van der Waals surface area (Å²) in [5, 5.41) is 0. The van der Waals surface area contributed by atoms with Gasteiger partial charge in [0, 0.05) is 4.47 Å². The zero-order valence-electron chi connectivity index (χ0n) is 8.34. The Balaban J connectivity index is 2.75. The van der Waals surface area contributed by atoms with Crippen LogP contribution in [0, 0.1) is 0 Å². The third kappa shape index (κ3) is 4.43. The van der Waals surface area contributed by atoms with Crippen LogP contribution in [0.25, 0.3) is 6.08 Å². The number of rotatable bonds is 2. The Kier molecular flexibility index (Phi) is 3.51. The van der Waals surface area contributed by atoms with Crippen molar-refractivity contribution >= 4 is 30.1 Å². The van der Waals surface area contributed by atoms with Crippen molar-refractivity contribution in [3.8, 4) is 0 Å². The molecule has 0 radical (unpaired) electrons. The molecule has 0 aliphatic heterocycles. The van der Waals surface area contributed by atoms with Gasteiger partial charge in [-0.05, 0) is 17.7 Å². The first-order valence-electron chi connectivity index (χ1n) is 4.42. The Labute approximate surface area is 89.8 Å². The standard InChI is InChI=1S/C11H15BrSi/c1-13(2,3)9-8-10-4-6-11(12)7-5-10/h4-9H,1-3H3/b9-8+. The molecule has 70 valence electrons. The predicted molar refractivity (Wildman–Crippen MR) is 66.5 cm³/mol. The van der Waals surface area contributed by atoms with Gasteiger partial charge >= 0.3 is 0 Å². The van der Waals surface area contributed by atoms with Gasteiger partial charge in [0.15, 0.2) is 0 Å². The Morgan fingerprint density at radius 3 is 2.08 bits per heavy atom. The fourth-order valence-electron chi connectivity index (χ4n) is 0.920. The molecule has 0 unspecified atom stereocenters. The normalized spacial score (nSPS) is 12.3. The molecule has 2 heteroatoms. The fraction of sp³-hybridized carbons (Fsp3) is 0.273. The highest BCUT2D eigenvalue weighted by atomic mass is 79.9. The van der Waals surface area contributed by atoms with E-state index in [1.54, 1.807) is 0 Å². The van der Waals surface area contributed by atoms with E-state index in [0.29, 0.717) is 0 Å². The van der Waals surface area contributed by atoms with Crippen LogP contribution < -0.4 is 0 Å². The minimum atomic E-state index is -1.05. The zero-order valence-corrected chi connectivity index (χ0v) is 10.9. The maximum absolute atomic E-state index is 3.42. The molecule has 0 saturated heterocycles. The highest BCUT2D eigenvalue weighted by molar-refractivity contribution is 9.10. The quantitative estimate of drug-likeness (QED) is 0.689. The van der Waals surface area contributed by atoms with Gasteiger partial charge in [-0.1, -0.05) is 59.5 Å². The lowest BCUT2D eigenvalue weighted by atomic mass is 10.2. The lowest BCUT2D eigenvalue weighted by Crippen LogP contribution is -2.15. The molecule has 1 aromatic carbocycles. The summed E-state index contributed by atoms with van der Waals surface area (Å²) in [6.07, 6.45) is 2.22. The van der Waals surface area contributed by atoms with E-state index in [1.165, 1.54) is 5.56 Å². The summed E-state index contributed by atoms with van der Waals surface area (Å²) in [7, 11) is -1.05. The first-order chi connectivity index (χ1) is 5.97. The molecule has 0 fully saturated rings. The number of halogens is 1. The molecule has 0 atom stereocenters. The van der Waals surface area contributed by atoms with Gasteiger partial charge < -0.3 is 0 Å². The topological polar surface area (TPSA) is 0 Å². The second kappa shape index (κ2) is 4.25. The average Bonchev–Trinajstić information content (AvgIpc) is 2.02. The first-order valence-corrected chi connectivity index (χ1v) is 8.79. The van der Waals surface area contributed by atoms with Gasteiger partial charge in [-0.15, -0.1) is 0 Å². The van der Waals surface area contributed by atoms with E-state index in [-0.39, 0.29) is 0 Å². The maximum atomic E-state index is 3.42. The molecular formula is C11H15BrSi. The van der Waals surface area contributed by atoms with E-state index in [2.05, 4.69) is 71.6 Å². The van der Waals surface area contributed by atoms with Crippen LogP contribution in [-0.4, -0.2) is 8.07 Å². The van der Waals surface area contributed by atoms with Gasteiger partial charge in [-0.3, -0.25) is 0 Å². The zero-order chi connectivity index (χ0) is 9.90. The second-order valence-electron chi connectivity index (χ2n) is 4.25. The monoisotopic (exact) mass is 254 g/mol. The molecule has 0 nitrogen and oxygen atoms in total. The molecule has 0 aromatic heterocycles. The third-order valence-electron chi connectivity index (χ3n) is 1.65. The van der Waals surface area contributed by atoms with E-state index < -0.39 is 8.07 Å². The van der Waals surface area contributed by atoms with Crippen LogP contribution in [-0.2, 0) is 0 Å². The molecule has 0 spiro atoms. The molecule has 0 N–H and O–H groups in total. The summed E-state index contributed by atoms with van der Waals surface area (Å²) < 4.78 is 1.14. The van der Waals surface area contributed by atoms with Crippen molar-refractivity contribution < 1.29 is 0 Å². The van der Waals surface area contributed by atoms with Crippen molar-refractivity contribution in [2.45, 2.75) is 19.6 Å². The van der Waals surface area contributed by atoms with Crippen molar-refractivity contribution in [2.75, 3.05) is 0 Å². The second-order valence-corrected chi connectivity index (χ2v) is 10.2. The minimum absolute atomic E-state index is 1.05. The number of hydrogen-bond acceptors (Lipinski definition) is 0. The van der Waals surface area contributed by atoms with Gasteiger partial charge in [0.2, 0.25) is 0 Å². The first kappa shape index (κ1) is 10.7. The molecule has 0 amide bonds. The summed E-state index contributed by atoms with van der Waals surface area (Å²) in [5.74, 6) is 0. The molecule has 0 bridgehead atoms. The third-order valence-corrected chi connectivity index (χ3v) is 3.34. The van der Waals surface area contributed by atoms with Crippen molar-refractivity contribution in [1.29, 1.82) is 0 Å². The van der Waals surface area contributed by atoms with Gasteiger partial charge in [0.05, 0.1) is 8.07 Å². The lowest BCUT2D eigenvalue weighted by Gasteiger charge is -2.07. The van der Waals surface area contributed by atoms with E-state index in [0.717, 1.165) is 4.47 Å². The van der Waals surface area contributed by atoms with Crippen LogP contribution in [0.1, 0.15) is 5.56 Å². The van der Waals surface area contributed by atoms with Crippen LogP contribution in [0.5, 0.6) is 0 Å². The molecule has 13 heavy (non-hydrogen) atoms. The number of hydrogen-bond donors (Lipinski definition) is 0. The Hall–Kier alpha value is -0.343. The lowest BCUT2D eigenvalue weighted by molar-refractivity contribution is 1.61. The predicted octanol–water partition coefficient (Wildman–Crippen LogP) is 4.34. The molecule has 0 aliphatic carbocycles. The largest absolute Gasteiger partial charge is 0.0944 e. The molecular weight excluding hydrogens is 240 g/mol. The van der Waals surface area contributed by atoms with Crippen LogP contribution >= 0.6 is 15.9 Å². The van der Waals surface area contributed by atoms with Crippen molar-refractivity contribution in [1.82, 2.24) is 0 Å². The molecule has 1 aromatic rings. The average molecular weight is 255 g/mol.